The summed E-state index contributed by atoms with van der Waals surface area (Å²) < 4.78 is 7.76. The third-order valence-corrected chi connectivity index (χ3v) is 5.68. The van der Waals surface area contributed by atoms with Crippen LogP contribution in [-0.2, 0) is 13.6 Å². The number of benzene rings is 1. The van der Waals surface area contributed by atoms with E-state index in [1.165, 1.54) is 0 Å². The normalized spacial score (nSPS) is 21.6. The molecule has 1 aromatic carbocycles. The fraction of sp³-hybridized carbons (Fsp3) is 0.550. The second kappa shape index (κ2) is 7.99. The number of aryl methyl sites for hydroxylation is 3. The van der Waals surface area contributed by atoms with Crippen LogP contribution in [0, 0.1) is 13.8 Å². The van der Waals surface area contributed by atoms with Crippen molar-refractivity contribution in [2.45, 2.75) is 45.3 Å². The highest BCUT2D eigenvalue weighted by molar-refractivity contribution is 6.32. The van der Waals surface area contributed by atoms with Crippen LogP contribution in [0.1, 0.15) is 36.1 Å². The number of hydrogen-bond donors (Lipinski definition) is 1. The van der Waals surface area contributed by atoms with E-state index in [1.807, 2.05) is 50.0 Å². The molecule has 1 aliphatic heterocycles. The fourth-order valence-electron chi connectivity index (χ4n) is 3.52. The lowest BCUT2D eigenvalue weighted by atomic mass is 9.96. The van der Waals surface area contributed by atoms with Crippen LogP contribution in [0.25, 0.3) is 0 Å². The summed E-state index contributed by atoms with van der Waals surface area (Å²) in [5.74, 6) is 0.771. The average molecular weight is 378 g/mol. The molecule has 1 saturated heterocycles. The predicted molar refractivity (Wildman–Crippen MR) is 104 cm³/mol. The molecule has 5 nitrogen and oxygen atoms in total. The molecular formula is C20H28ClN3O2. The highest BCUT2D eigenvalue weighted by Gasteiger charge is 2.31. The van der Waals surface area contributed by atoms with Gasteiger partial charge in [-0.05, 0) is 69.0 Å². The summed E-state index contributed by atoms with van der Waals surface area (Å²) in [5.41, 5.74) is 2.27. The van der Waals surface area contributed by atoms with Gasteiger partial charge in [0.25, 0.3) is 0 Å². The minimum atomic E-state index is -0.791. The molecule has 1 N–H and O–H groups in total. The molecule has 6 heteroatoms. The lowest BCUT2D eigenvalue weighted by Gasteiger charge is -2.27. The highest BCUT2D eigenvalue weighted by Crippen LogP contribution is 2.28. The van der Waals surface area contributed by atoms with Crippen molar-refractivity contribution in [3.8, 4) is 5.75 Å². The number of hydrogen-bond acceptors (Lipinski definition) is 4. The molecule has 1 aromatic heterocycles. The molecule has 142 valence electrons. The first-order valence-corrected chi connectivity index (χ1v) is 9.55. The number of aromatic nitrogens is 2. The molecule has 3 rings (SSSR count). The Kier molecular flexibility index (Phi) is 5.90. The van der Waals surface area contributed by atoms with Gasteiger partial charge in [-0.1, -0.05) is 11.6 Å². The highest BCUT2D eigenvalue weighted by atomic mass is 35.5. The molecule has 0 saturated carbocycles. The standard InChI is InChI=1S/C20H28ClN3O2/c1-15-11-18(12-16(2)19(15)21)26-14-20(25)6-4-8-24(10-7-20)13-17-5-9-23(3)22-17/h5,9,11-12,25H,4,6-8,10,13-14H2,1-3H3. The number of likely N-dealkylation sites (tertiary alicyclic amines) is 1. The maximum absolute atomic E-state index is 11.0. The van der Waals surface area contributed by atoms with Crippen molar-refractivity contribution in [1.82, 2.24) is 14.7 Å². The Labute approximate surface area is 160 Å². The zero-order chi connectivity index (χ0) is 18.7. The van der Waals surface area contributed by atoms with Crippen molar-refractivity contribution in [2.24, 2.45) is 7.05 Å². The maximum Gasteiger partial charge on any atom is 0.120 e. The van der Waals surface area contributed by atoms with E-state index in [4.69, 9.17) is 16.3 Å². The van der Waals surface area contributed by atoms with E-state index in [9.17, 15) is 5.11 Å². The zero-order valence-electron chi connectivity index (χ0n) is 15.8. The van der Waals surface area contributed by atoms with Crippen LogP contribution < -0.4 is 4.74 Å². The van der Waals surface area contributed by atoms with Gasteiger partial charge in [-0.3, -0.25) is 9.58 Å². The first-order chi connectivity index (χ1) is 12.3. The monoisotopic (exact) mass is 377 g/mol. The van der Waals surface area contributed by atoms with Gasteiger partial charge in [0.2, 0.25) is 0 Å². The molecule has 2 aromatic rings. The third kappa shape index (κ3) is 4.78. The second-order valence-electron chi connectivity index (χ2n) is 7.49. The molecule has 0 amide bonds. The summed E-state index contributed by atoms with van der Waals surface area (Å²) in [4.78, 5) is 2.36. The van der Waals surface area contributed by atoms with Gasteiger partial charge in [-0.2, -0.15) is 5.10 Å². The van der Waals surface area contributed by atoms with Crippen LogP contribution in [0.5, 0.6) is 5.75 Å². The van der Waals surface area contributed by atoms with Crippen molar-refractivity contribution in [2.75, 3.05) is 19.7 Å². The molecule has 1 atom stereocenters. The van der Waals surface area contributed by atoms with E-state index in [0.29, 0.717) is 13.0 Å². The van der Waals surface area contributed by atoms with E-state index in [2.05, 4.69) is 10.00 Å². The number of aliphatic hydroxyl groups is 1. The van der Waals surface area contributed by atoms with Crippen LogP contribution in [0.15, 0.2) is 24.4 Å². The Hall–Kier alpha value is -1.56. The van der Waals surface area contributed by atoms with E-state index in [-0.39, 0.29) is 0 Å². The SMILES string of the molecule is Cc1cc(OCC2(O)CCCN(Cc3ccn(C)n3)CC2)cc(C)c1Cl. The lowest BCUT2D eigenvalue weighted by molar-refractivity contribution is -0.0169. The molecule has 2 heterocycles. The minimum Gasteiger partial charge on any atom is -0.491 e. The van der Waals surface area contributed by atoms with Crippen LogP contribution in [-0.4, -0.2) is 45.1 Å². The fourth-order valence-corrected chi connectivity index (χ4v) is 3.63. The molecule has 26 heavy (non-hydrogen) atoms. The molecule has 1 unspecified atom stereocenters. The summed E-state index contributed by atoms with van der Waals surface area (Å²) in [6, 6.07) is 5.91. The van der Waals surface area contributed by atoms with Gasteiger partial charge in [0.05, 0.1) is 11.3 Å². The Morgan fingerprint density at radius 3 is 2.62 bits per heavy atom. The van der Waals surface area contributed by atoms with Crippen molar-refractivity contribution >= 4 is 11.6 Å². The predicted octanol–water partition coefficient (Wildman–Crippen LogP) is 3.49. The number of nitrogens with zero attached hydrogens (tertiary/aromatic N) is 3. The molecule has 0 spiro atoms. The largest absolute Gasteiger partial charge is 0.491 e. The Bertz CT molecular complexity index is 738. The van der Waals surface area contributed by atoms with Gasteiger partial charge < -0.3 is 9.84 Å². The van der Waals surface area contributed by atoms with Gasteiger partial charge in [-0.15, -0.1) is 0 Å². The first kappa shape index (κ1) is 19.2. The summed E-state index contributed by atoms with van der Waals surface area (Å²) in [6.07, 6.45) is 4.36. The quantitative estimate of drug-likeness (QED) is 0.866. The molecule has 0 radical (unpaired) electrons. The zero-order valence-corrected chi connectivity index (χ0v) is 16.6. The summed E-state index contributed by atoms with van der Waals surface area (Å²) >= 11 is 6.21. The van der Waals surface area contributed by atoms with E-state index in [0.717, 1.165) is 60.1 Å². The number of ether oxygens (including phenoxy) is 1. The second-order valence-corrected chi connectivity index (χ2v) is 7.87. The molecule has 0 aliphatic carbocycles. The van der Waals surface area contributed by atoms with Crippen molar-refractivity contribution in [3.63, 3.8) is 0 Å². The van der Waals surface area contributed by atoms with Crippen molar-refractivity contribution in [1.29, 1.82) is 0 Å². The maximum atomic E-state index is 11.0. The van der Waals surface area contributed by atoms with Gasteiger partial charge in [0.15, 0.2) is 0 Å². The van der Waals surface area contributed by atoms with Crippen LogP contribution >= 0.6 is 11.6 Å². The molecule has 1 aliphatic rings. The number of rotatable bonds is 5. The smallest absolute Gasteiger partial charge is 0.120 e. The van der Waals surface area contributed by atoms with Crippen molar-refractivity contribution < 1.29 is 9.84 Å². The molecular weight excluding hydrogens is 350 g/mol. The molecule has 0 bridgehead atoms. The van der Waals surface area contributed by atoms with E-state index >= 15 is 0 Å². The summed E-state index contributed by atoms with van der Waals surface area (Å²) in [5, 5.41) is 16.2. The van der Waals surface area contributed by atoms with E-state index < -0.39 is 5.60 Å². The Morgan fingerprint density at radius 1 is 1.23 bits per heavy atom. The van der Waals surface area contributed by atoms with Crippen molar-refractivity contribution in [3.05, 3.63) is 46.2 Å². The minimum absolute atomic E-state index is 0.310. The van der Waals surface area contributed by atoms with Gasteiger partial charge in [-0.25, -0.2) is 0 Å². The van der Waals surface area contributed by atoms with Gasteiger partial charge in [0.1, 0.15) is 12.4 Å². The topological polar surface area (TPSA) is 50.5 Å². The van der Waals surface area contributed by atoms with E-state index in [1.54, 1.807) is 0 Å². The summed E-state index contributed by atoms with van der Waals surface area (Å²) in [7, 11) is 1.93. The third-order valence-electron chi connectivity index (χ3n) is 5.08. The number of halogens is 1. The first-order valence-electron chi connectivity index (χ1n) is 9.17. The van der Waals surface area contributed by atoms with Crippen LogP contribution in [0.4, 0.5) is 0 Å². The Balaban J connectivity index is 1.56. The average Bonchev–Trinajstić information content (AvgIpc) is 2.91. The van der Waals surface area contributed by atoms with Gasteiger partial charge in [0, 0.05) is 31.4 Å². The van der Waals surface area contributed by atoms with Crippen LogP contribution in [0.2, 0.25) is 5.02 Å². The van der Waals surface area contributed by atoms with Crippen LogP contribution in [0.3, 0.4) is 0 Å². The van der Waals surface area contributed by atoms with Gasteiger partial charge >= 0.3 is 0 Å². The summed E-state index contributed by atoms with van der Waals surface area (Å²) in [6.45, 7) is 6.89. The Morgan fingerprint density at radius 2 is 1.96 bits per heavy atom. The molecule has 1 fully saturated rings. The lowest BCUT2D eigenvalue weighted by Crippen LogP contribution is -2.37.